The summed E-state index contributed by atoms with van der Waals surface area (Å²) in [5.74, 6) is -3.10. The number of hydrogen-bond donors (Lipinski definition) is 1. The first-order chi connectivity index (χ1) is 15.7. The fourth-order valence-corrected chi connectivity index (χ4v) is 4.07. The van der Waals surface area contributed by atoms with Gasteiger partial charge in [0.2, 0.25) is 0 Å². The summed E-state index contributed by atoms with van der Waals surface area (Å²) < 4.78 is 61.2. The van der Waals surface area contributed by atoms with Crippen LogP contribution in [-0.4, -0.2) is 78.4 Å². The van der Waals surface area contributed by atoms with E-state index in [0.717, 1.165) is 27.7 Å². The Morgan fingerprint density at radius 3 is 1.97 bits per heavy atom. The van der Waals surface area contributed by atoms with E-state index in [9.17, 15) is 27.6 Å². The van der Waals surface area contributed by atoms with Crippen LogP contribution >= 0.6 is 11.8 Å². The summed E-state index contributed by atoms with van der Waals surface area (Å²) in [4.78, 5) is 46.6. The fourth-order valence-electron chi connectivity index (χ4n) is 2.74. The smallest absolute Gasteiger partial charge is 0.463 e. The van der Waals surface area contributed by atoms with E-state index in [1.807, 2.05) is 0 Å². The summed E-state index contributed by atoms with van der Waals surface area (Å²) in [6.07, 6.45) is -4.11. The quantitative estimate of drug-likeness (QED) is 0.0786. The normalized spacial score (nSPS) is 25.0. The number of allylic oxidation sites excluding steroid dienone is 1. The summed E-state index contributed by atoms with van der Waals surface area (Å²) in [7, 11) is -4.93. The van der Waals surface area contributed by atoms with Crippen LogP contribution in [0.5, 0.6) is 0 Å². The van der Waals surface area contributed by atoms with Crippen LogP contribution in [0, 0.1) is 0 Å². The van der Waals surface area contributed by atoms with Crippen molar-refractivity contribution in [2.45, 2.75) is 64.0 Å². The highest BCUT2D eigenvalue weighted by molar-refractivity contribution is 8.14. The zero-order chi connectivity index (χ0) is 26.1. The van der Waals surface area contributed by atoms with Gasteiger partial charge in [-0.1, -0.05) is 23.0 Å². The predicted molar refractivity (Wildman–Crippen MR) is 114 cm³/mol. The van der Waals surface area contributed by atoms with Crippen molar-refractivity contribution in [2.24, 2.45) is 5.16 Å². The zero-order valence-electron chi connectivity index (χ0n) is 18.7. The molecule has 0 spiro atoms. The second kappa shape index (κ2) is 13.3. The highest BCUT2D eigenvalue weighted by atomic mass is 32.3. The molecule has 1 aliphatic rings. The largest absolute Gasteiger partial charge is 0.466 e. The van der Waals surface area contributed by atoms with Gasteiger partial charge in [0.05, 0.1) is 0 Å². The lowest BCUT2D eigenvalue weighted by Crippen LogP contribution is -2.61. The summed E-state index contributed by atoms with van der Waals surface area (Å²) in [6.45, 7) is 7.40. The van der Waals surface area contributed by atoms with Gasteiger partial charge in [0, 0.05) is 34.1 Å². The lowest BCUT2D eigenvalue weighted by atomic mass is 9.99. The molecule has 0 amide bonds. The minimum absolute atomic E-state index is 0.0763. The average molecular weight is 528 g/mol. The first-order valence-electron chi connectivity index (χ1n) is 9.54. The van der Waals surface area contributed by atoms with Crippen molar-refractivity contribution in [1.29, 1.82) is 0 Å². The molecule has 0 aromatic rings. The third-order valence-corrected chi connectivity index (χ3v) is 5.14. The van der Waals surface area contributed by atoms with Gasteiger partial charge in [-0.2, -0.15) is 8.42 Å². The van der Waals surface area contributed by atoms with Gasteiger partial charge in [0.1, 0.15) is 23.2 Å². The lowest BCUT2D eigenvalue weighted by Gasteiger charge is -2.44. The average Bonchev–Trinajstić information content (AvgIpc) is 2.67. The molecule has 1 rings (SSSR count). The molecule has 34 heavy (non-hydrogen) atoms. The van der Waals surface area contributed by atoms with Crippen LogP contribution in [0.3, 0.4) is 0 Å². The number of thioether (sulfide) groups is 1. The van der Waals surface area contributed by atoms with Crippen LogP contribution in [0.15, 0.2) is 17.8 Å². The molecule has 0 bridgehead atoms. The number of oxime groups is 1. The molecule has 1 saturated heterocycles. The zero-order valence-corrected chi connectivity index (χ0v) is 20.3. The van der Waals surface area contributed by atoms with E-state index >= 15 is 0 Å². The maximum atomic E-state index is 11.8. The van der Waals surface area contributed by atoms with Gasteiger partial charge in [0.25, 0.3) is 0 Å². The van der Waals surface area contributed by atoms with Gasteiger partial charge in [-0.25, -0.2) is 4.28 Å². The second-order valence-electron chi connectivity index (χ2n) is 6.67. The van der Waals surface area contributed by atoms with Crippen molar-refractivity contribution >= 4 is 51.1 Å². The Morgan fingerprint density at radius 2 is 1.50 bits per heavy atom. The molecule has 1 fully saturated rings. The Hall–Kier alpha value is -2.69. The Balaban J connectivity index is 3.46. The summed E-state index contributed by atoms with van der Waals surface area (Å²) in [5.41, 5.74) is -1.26. The lowest BCUT2D eigenvalue weighted by molar-refractivity contribution is -0.237. The highest BCUT2D eigenvalue weighted by Gasteiger charge is 2.52. The van der Waals surface area contributed by atoms with Crippen LogP contribution in [0.2, 0.25) is 0 Å². The van der Waals surface area contributed by atoms with Crippen LogP contribution < -0.4 is 0 Å². The molecular weight excluding hydrogens is 502 g/mol. The molecule has 5 unspecified atom stereocenters. The number of rotatable bonds is 10. The predicted octanol–water partition coefficient (Wildman–Crippen LogP) is 0.512. The van der Waals surface area contributed by atoms with Gasteiger partial charge in [0.15, 0.2) is 18.3 Å². The first-order valence-corrected chi connectivity index (χ1v) is 11.8. The minimum atomic E-state index is -4.93. The molecule has 0 aliphatic carbocycles. The molecule has 5 atom stereocenters. The molecule has 1 N–H and O–H groups in total. The molecular formula is C18H25NO13S2. The van der Waals surface area contributed by atoms with E-state index < -0.39 is 70.7 Å². The van der Waals surface area contributed by atoms with Gasteiger partial charge < -0.3 is 23.7 Å². The summed E-state index contributed by atoms with van der Waals surface area (Å²) in [5, 5.41) is 3.21. The van der Waals surface area contributed by atoms with Gasteiger partial charge in [-0.3, -0.25) is 23.7 Å². The van der Waals surface area contributed by atoms with E-state index in [2.05, 4.69) is 16.0 Å². The van der Waals surface area contributed by atoms with Gasteiger partial charge in [-0.05, 0) is 0 Å². The number of ether oxygens (including phenoxy) is 5. The van der Waals surface area contributed by atoms with Gasteiger partial charge >= 0.3 is 34.3 Å². The van der Waals surface area contributed by atoms with E-state index in [1.54, 1.807) is 0 Å². The Kier molecular flexibility index (Phi) is 11.4. The molecule has 0 aromatic carbocycles. The second-order valence-corrected chi connectivity index (χ2v) is 8.84. The molecule has 0 aromatic heterocycles. The number of esters is 4. The van der Waals surface area contributed by atoms with E-state index in [-0.39, 0.29) is 11.5 Å². The third-order valence-electron chi connectivity index (χ3n) is 3.75. The van der Waals surface area contributed by atoms with E-state index in [4.69, 9.17) is 28.2 Å². The first kappa shape index (κ1) is 29.3. The monoisotopic (exact) mass is 527 g/mol. The molecule has 0 saturated carbocycles. The molecule has 14 nitrogen and oxygen atoms in total. The van der Waals surface area contributed by atoms with Crippen molar-refractivity contribution in [3.63, 3.8) is 0 Å². The third kappa shape index (κ3) is 10.5. The molecule has 192 valence electrons. The Labute approximate surface area is 199 Å². The standard InChI is InChI=1S/C18H25NO13S2/c1-6-7-14(19-32-34(24,25)26)33-18-17(30-12(5)23)16(29-11(4)22)15(28-10(3)21)13(31-18)8-27-9(2)20/h6,13,15-18H,1,7-8H2,2-5H3,(H,24,25,26). The number of hydrogen-bond acceptors (Lipinski definition) is 14. The molecule has 1 aliphatic heterocycles. The molecule has 0 radical (unpaired) electrons. The van der Waals surface area contributed by atoms with Crippen molar-refractivity contribution in [2.75, 3.05) is 6.61 Å². The van der Waals surface area contributed by atoms with E-state index in [0.29, 0.717) is 11.8 Å². The van der Waals surface area contributed by atoms with Crippen molar-refractivity contribution < 1.29 is 60.1 Å². The molecule has 16 heteroatoms. The SMILES string of the molecule is C=CCC(=NOS(=O)(=O)O)SC1OC(COC(C)=O)C(OC(C)=O)C(OC(C)=O)C1OC(C)=O. The minimum Gasteiger partial charge on any atom is -0.463 e. The Bertz CT molecular complexity index is 917. The Morgan fingerprint density at radius 1 is 0.971 bits per heavy atom. The van der Waals surface area contributed by atoms with Gasteiger partial charge in [-0.15, -0.1) is 6.58 Å². The van der Waals surface area contributed by atoms with Crippen molar-refractivity contribution in [3.05, 3.63) is 12.7 Å². The van der Waals surface area contributed by atoms with Crippen molar-refractivity contribution in [3.8, 4) is 0 Å². The van der Waals surface area contributed by atoms with Crippen LogP contribution in [0.1, 0.15) is 34.1 Å². The summed E-state index contributed by atoms with van der Waals surface area (Å²) in [6, 6.07) is 0. The van der Waals surface area contributed by atoms with Crippen molar-refractivity contribution in [1.82, 2.24) is 0 Å². The van der Waals surface area contributed by atoms with Crippen LogP contribution in [-0.2, 0) is 57.5 Å². The number of carbonyl (C=O) groups is 4. The highest BCUT2D eigenvalue weighted by Crippen LogP contribution is 2.35. The number of carbonyl (C=O) groups excluding carboxylic acids is 4. The summed E-state index contributed by atoms with van der Waals surface area (Å²) >= 11 is 0.677. The van der Waals surface area contributed by atoms with Crippen LogP contribution in [0.4, 0.5) is 0 Å². The topological polar surface area (TPSA) is 190 Å². The number of nitrogens with zero attached hydrogens (tertiary/aromatic N) is 1. The fraction of sp³-hybridized carbons (Fsp3) is 0.611. The maximum Gasteiger partial charge on any atom is 0.466 e. The molecule has 1 heterocycles. The van der Waals surface area contributed by atoms with Crippen LogP contribution in [0.25, 0.3) is 0 Å². The van der Waals surface area contributed by atoms with E-state index in [1.165, 1.54) is 6.08 Å². The maximum absolute atomic E-state index is 11.8.